The van der Waals surface area contributed by atoms with Crippen LogP contribution in [0.2, 0.25) is 5.04 Å². The molecule has 0 aliphatic carbocycles. The van der Waals surface area contributed by atoms with Gasteiger partial charge in [0.15, 0.2) is 0 Å². The molecule has 0 N–H and O–H groups in total. The van der Waals surface area contributed by atoms with Crippen LogP contribution in [0, 0.1) is 5.92 Å². The summed E-state index contributed by atoms with van der Waals surface area (Å²) in [7, 11) is -2.43. The van der Waals surface area contributed by atoms with E-state index in [1.807, 2.05) is 0 Å². The van der Waals surface area contributed by atoms with Gasteiger partial charge in [0, 0.05) is 12.1 Å². The molecule has 0 spiro atoms. The molecule has 2 heterocycles. The SMILES string of the molecule is CC1CN2CCCC2(CO[Si](c2ccccc2)(c2ccccc2)C(C)(C)C)C1. The van der Waals surface area contributed by atoms with Gasteiger partial charge in [0.1, 0.15) is 0 Å². The van der Waals surface area contributed by atoms with Crippen LogP contribution in [0.25, 0.3) is 0 Å². The Balaban J connectivity index is 1.77. The lowest BCUT2D eigenvalue weighted by molar-refractivity contribution is 0.108. The second kappa shape index (κ2) is 7.44. The van der Waals surface area contributed by atoms with Crippen LogP contribution in [-0.4, -0.2) is 38.5 Å². The number of benzene rings is 2. The molecule has 2 saturated heterocycles. The van der Waals surface area contributed by atoms with E-state index in [1.165, 1.54) is 42.7 Å². The number of nitrogens with zero attached hydrogens (tertiary/aromatic N) is 1. The van der Waals surface area contributed by atoms with Crippen LogP contribution in [0.3, 0.4) is 0 Å². The summed E-state index contributed by atoms with van der Waals surface area (Å²) in [6.45, 7) is 12.9. The lowest BCUT2D eigenvalue weighted by atomic mass is 9.92. The van der Waals surface area contributed by atoms with Gasteiger partial charge in [-0.15, -0.1) is 0 Å². The fourth-order valence-corrected chi connectivity index (χ4v) is 10.5. The van der Waals surface area contributed by atoms with Crippen LogP contribution in [0.5, 0.6) is 0 Å². The number of fused-ring (bicyclic) bond motifs is 1. The highest BCUT2D eigenvalue weighted by Gasteiger charge is 2.54. The summed E-state index contributed by atoms with van der Waals surface area (Å²) in [6.07, 6.45) is 3.89. The second-order valence-electron chi connectivity index (χ2n) is 10.0. The Labute approximate surface area is 172 Å². The van der Waals surface area contributed by atoms with Gasteiger partial charge in [0.2, 0.25) is 0 Å². The van der Waals surface area contributed by atoms with Gasteiger partial charge in [-0.3, -0.25) is 4.90 Å². The maximum atomic E-state index is 7.30. The van der Waals surface area contributed by atoms with Gasteiger partial charge in [0.25, 0.3) is 8.32 Å². The zero-order valence-corrected chi connectivity index (χ0v) is 18.9. The fourth-order valence-electron chi connectivity index (χ4n) is 5.83. The minimum atomic E-state index is -2.43. The van der Waals surface area contributed by atoms with E-state index in [-0.39, 0.29) is 10.6 Å². The Morgan fingerprint density at radius 3 is 2.11 bits per heavy atom. The lowest BCUT2D eigenvalue weighted by Crippen LogP contribution is -2.68. The van der Waals surface area contributed by atoms with Crippen molar-refractivity contribution >= 4 is 18.7 Å². The third-order valence-corrected chi connectivity index (χ3v) is 12.0. The maximum Gasteiger partial charge on any atom is 0.261 e. The topological polar surface area (TPSA) is 12.5 Å². The third kappa shape index (κ3) is 3.28. The van der Waals surface area contributed by atoms with Crippen LogP contribution in [-0.2, 0) is 4.43 Å². The molecule has 0 amide bonds. The van der Waals surface area contributed by atoms with E-state index in [2.05, 4.69) is 93.3 Å². The van der Waals surface area contributed by atoms with Gasteiger partial charge in [-0.2, -0.15) is 0 Å². The van der Waals surface area contributed by atoms with Crippen molar-refractivity contribution in [3.05, 3.63) is 60.7 Å². The lowest BCUT2D eigenvalue weighted by Gasteiger charge is -2.45. The number of hydrogen-bond acceptors (Lipinski definition) is 2. The summed E-state index contributed by atoms with van der Waals surface area (Å²) >= 11 is 0. The van der Waals surface area contributed by atoms with Crippen LogP contribution >= 0.6 is 0 Å². The van der Waals surface area contributed by atoms with Gasteiger partial charge in [0.05, 0.1) is 6.61 Å². The standard InChI is InChI=1S/C25H35NOSi/c1-21-18-25(16-11-17-26(25)19-21)20-27-28(24(2,3)4,22-12-7-5-8-13-22)23-14-9-6-10-15-23/h5-10,12-15,21H,11,16-20H2,1-4H3. The first-order valence-corrected chi connectivity index (χ1v) is 12.8. The first-order valence-electron chi connectivity index (χ1n) is 10.9. The summed E-state index contributed by atoms with van der Waals surface area (Å²) < 4.78 is 7.30. The van der Waals surface area contributed by atoms with Crippen molar-refractivity contribution in [1.82, 2.24) is 4.90 Å². The molecule has 2 unspecified atom stereocenters. The minimum Gasteiger partial charge on any atom is -0.406 e. The van der Waals surface area contributed by atoms with Crippen molar-refractivity contribution in [2.75, 3.05) is 19.7 Å². The monoisotopic (exact) mass is 393 g/mol. The summed E-state index contributed by atoms with van der Waals surface area (Å²) in [6, 6.07) is 22.1. The fraction of sp³-hybridized carbons (Fsp3) is 0.520. The maximum absolute atomic E-state index is 7.30. The average Bonchev–Trinajstić information content (AvgIpc) is 3.18. The molecule has 2 aromatic rings. The predicted molar refractivity (Wildman–Crippen MR) is 121 cm³/mol. The molecule has 28 heavy (non-hydrogen) atoms. The van der Waals surface area contributed by atoms with Crippen molar-refractivity contribution < 1.29 is 4.43 Å². The third-order valence-electron chi connectivity index (χ3n) is 6.98. The molecular formula is C25H35NOSi. The minimum absolute atomic E-state index is 0.0556. The van der Waals surface area contributed by atoms with E-state index in [0.717, 1.165) is 12.5 Å². The zero-order valence-electron chi connectivity index (χ0n) is 17.9. The molecular weight excluding hydrogens is 358 g/mol. The predicted octanol–water partition coefficient (Wildman–Crippen LogP) is 4.44. The average molecular weight is 394 g/mol. The molecule has 2 fully saturated rings. The highest BCUT2D eigenvalue weighted by atomic mass is 28.4. The van der Waals surface area contributed by atoms with E-state index in [4.69, 9.17) is 4.43 Å². The van der Waals surface area contributed by atoms with E-state index in [0.29, 0.717) is 0 Å². The Bertz CT molecular complexity index is 746. The first kappa shape index (κ1) is 19.9. The largest absolute Gasteiger partial charge is 0.406 e. The number of hydrogen-bond donors (Lipinski definition) is 0. The normalized spacial score (nSPS) is 25.8. The molecule has 0 aromatic heterocycles. The molecule has 150 valence electrons. The van der Waals surface area contributed by atoms with Gasteiger partial charge >= 0.3 is 0 Å². The zero-order chi connectivity index (χ0) is 19.8. The first-order chi connectivity index (χ1) is 13.4. The van der Waals surface area contributed by atoms with Crippen LogP contribution < -0.4 is 10.4 Å². The van der Waals surface area contributed by atoms with Gasteiger partial charge < -0.3 is 4.43 Å². The molecule has 2 aliphatic heterocycles. The second-order valence-corrected chi connectivity index (χ2v) is 14.3. The molecule has 2 aliphatic rings. The molecule has 2 aromatic carbocycles. The Hall–Kier alpha value is -1.42. The van der Waals surface area contributed by atoms with E-state index < -0.39 is 8.32 Å². The number of rotatable bonds is 5. The summed E-state index contributed by atoms with van der Waals surface area (Å²) in [5.41, 5.74) is 0.256. The highest BCUT2D eigenvalue weighted by Crippen LogP contribution is 2.44. The van der Waals surface area contributed by atoms with Gasteiger partial charge in [-0.25, -0.2) is 0 Å². The summed E-state index contributed by atoms with van der Waals surface area (Å²) in [4.78, 5) is 2.73. The molecule has 0 bridgehead atoms. The Kier molecular flexibility index (Phi) is 5.28. The molecule has 2 atom stereocenters. The van der Waals surface area contributed by atoms with Gasteiger partial charge in [-0.05, 0) is 47.1 Å². The van der Waals surface area contributed by atoms with Gasteiger partial charge in [-0.1, -0.05) is 88.4 Å². The van der Waals surface area contributed by atoms with E-state index >= 15 is 0 Å². The smallest absolute Gasteiger partial charge is 0.261 e. The molecule has 4 rings (SSSR count). The highest BCUT2D eigenvalue weighted by molar-refractivity contribution is 6.99. The quantitative estimate of drug-likeness (QED) is 0.697. The van der Waals surface area contributed by atoms with Crippen LogP contribution in [0.1, 0.15) is 47.0 Å². The van der Waals surface area contributed by atoms with Crippen molar-refractivity contribution in [1.29, 1.82) is 0 Å². The van der Waals surface area contributed by atoms with Crippen molar-refractivity contribution in [3.63, 3.8) is 0 Å². The molecule has 2 nitrogen and oxygen atoms in total. The van der Waals surface area contributed by atoms with Crippen molar-refractivity contribution in [3.8, 4) is 0 Å². The Morgan fingerprint density at radius 2 is 1.57 bits per heavy atom. The van der Waals surface area contributed by atoms with E-state index in [9.17, 15) is 0 Å². The van der Waals surface area contributed by atoms with Crippen LogP contribution in [0.15, 0.2) is 60.7 Å². The van der Waals surface area contributed by atoms with E-state index in [1.54, 1.807) is 0 Å². The Morgan fingerprint density at radius 1 is 1.00 bits per heavy atom. The molecule has 0 saturated carbocycles. The van der Waals surface area contributed by atoms with Crippen molar-refractivity contribution in [2.24, 2.45) is 5.92 Å². The van der Waals surface area contributed by atoms with Crippen LogP contribution in [0.4, 0.5) is 0 Å². The summed E-state index contributed by atoms with van der Waals surface area (Å²) in [5, 5.41) is 2.83. The summed E-state index contributed by atoms with van der Waals surface area (Å²) in [5.74, 6) is 0.781. The van der Waals surface area contributed by atoms with Crippen molar-refractivity contribution in [2.45, 2.75) is 57.5 Å². The molecule has 3 heteroatoms. The molecule has 0 radical (unpaired) electrons.